The molecule has 0 radical (unpaired) electrons. The minimum Gasteiger partial charge on any atom is -0.476 e. The van der Waals surface area contributed by atoms with Crippen molar-refractivity contribution in [3.8, 4) is 0 Å². The minimum atomic E-state index is -1.32. The number of aromatic nitrogens is 2. The van der Waals surface area contributed by atoms with Crippen LogP contribution in [0, 0.1) is 0 Å². The van der Waals surface area contributed by atoms with Crippen LogP contribution in [-0.2, 0) is 0 Å². The SMILES string of the molecule is NC(=O)c1nccnc1C(=O)O. The van der Waals surface area contributed by atoms with E-state index < -0.39 is 17.6 Å². The van der Waals surface area contributed by atoms with Gasteiger partial charge in [0.2, 0.25) is 0 Å². The van der Waals surface area contributed by atoms with Crippen LogP contribution in [-0.4, -0.2) is 27.0 Å². The van der Waals surface area contributed by atoms with Crippen LogP contribution in [0.2, 0.25) is 0 Å². The number of rotatable bonds is 2. The molecule has 0 bridgehead atoms. The molecule has 1 rings (SSSR count). The third kappa shape index (κ3) is 1.36. The number of hydrogen-bond acceptors (Lipinski definition) is 4. The molecule has 1 aromatic heterocycles. The lowest BCUT2D eigenvalue weighted by Gasteiger charge is -1.97. The molecule has 0 aromatic carbocycles. The summed E-state index contributed by atoms with van der Waals surface area (Å²) in [6, 6.07) is 0. The molecule has 12 heavy (non-hydrogen) atoms. The third-order valence-electron chi connectivity index (χ3n) is 1.13. The first kappa shape index (κ1) is 8.12. The molecule has 3 N–H and O–H groups in total. The van der Waals surface area contributed by atoms with Gasteiger partial charge in [0.15, 0.2) is 11.4 Å². The zero-order valence-corrected chi connectivity index (χ0v) is 5.89. The van der Waals surface area contributed by atoms with Gasteiger partial charge in [-0.05, 0) is 0 Å². The number of carboxylic acid groups (broad SMARTS) is 1. The maximum atomic E-state index is 10.6. The summed E-state index contributed by atoms with van der Waals surface area (Å²) >= 11 is 0. The molecule has 1 amide bonds. The number of nitrogens with two attached hydrogens (primary N) is 1. The first-order valence-electron chi connectivity index (χ1n) is 2.97. The monoisotopic (exact) mass is 167 g/mol. The first-order chi connectivity index (χ1) is 5.63. The largest absolute Gasteiger partial charge is 0.476 e. The Morgan fingerprint density at radius 3 is 2.08 bits per heavy atom. The van der Waals surface area contributed by atoms with E-state index in [9.17, 15) is 9.59 Å². The molecule has 0 aliphatic carbocycles. The van der Waals surface area contributed by atoms with Crippen LogP contribution >= 0.6 is 0 Å². The number of amides is 1. The number of aromatic carboxylic acids is 1. The van der Waals surface area contributed by atoms with E-state index in [-0.39, 0.29) is 5.69 Å². The topological polar surface area (TPSA) is 106 Å². The smallest absolute Gasteiger partial charge is 0.356 e. The second-order valence-corrected chi connectivity index (χ2v) is 1.92. The van der Waals surface area contributed by atoms with E-state index in [1.807, 2.05) is 0 Å². The Morgan fingerprint density at radius 1 is 1.25 bits per heavy atom. The van der Waals surface area contributed by atoms with E-state index in [1.165, 1.54) is 12.4 Å². The summed E-state index contributed by atoms with van der Waals surface area (Å²) in [5.74, 6) is -2.22. The van der Waals surface area contributed by atoms with Crippen molar-refractivity contribution in [2.45, 2.75) is 0 Å². The summed E-state index contributed by atoms with van der Waals surface area (Å²) in [5.41, 5.74) is 4.09. The second kappa shape index (κ2) is 2.95. The third-order valence-corrected chi connectivity index (χ3v) is 1.13. The molecule has 0 aliphatic heterocycles. The lowest BCUT2D eigenvalue weighted by molar-refractivity contribution is 0.0684. The molecule has 0 fully saturated rings. The van der Waals surface area contributed by atoms with Gasteiger partial charge < -0.3 is 10.8 Å². The number of nitrogens with zero attached hydrogens (tertiary/aromatic N) is 2. The average Bonchev–Trinajstić information content (AvgIpc) is 2.04. The molecular weight excluding hydrogens is 162 g/mol. The first-order valence-corrected chi connectivity index (χ1v) is 2.97. The lowest BCUT2D eigenvalue weighted by Crippen LogP contribution is -2.19. The van der Waals surface area contributed by atoms with Gasteiger partial charge in [0, 0.05) is 12.4 Å². The summed E-state index contributed by atoms with van der Waals surface area (Å²) in [7, 11) is 0. The molecule has 0 unspecified atom stereocenters. The van der Waals surface area contributed by atoms with Crippen LogP contribution in [0.25, 0.3) is 0 Å². The van der Waals surface area contributed by atoms with E-state index in [1.54, 1.807) is 0 Å². The quantitative estimate of drug-likeness (QED) is 0.604. The van der Waals surface area contributed by atoms with E-state index in [2.05, 4.69) is 9.97 Å². The molecule has 6 nitrogen and oxygen atoms in total. The van der Waals surface area contributed by atoms with E-state index in [0.717, 1.165) is 0 Å². The average molecular weight is 167 g/mol. The second-order valence-electron chi connectivity index (χ2n) is 1.92. The van der Waals surface area contributed by atoms with Crippen molar-refractivity contribution in [1.82, 2.24) is 9.97 Å². The van der Waals surface area contributed by atoms with Crippen molar-refractivity contribution in [3.63, 3.8) is 0 Å². The molecule has 0 atom stereocenters. The Kier molecular flexibility index (Phi) is 2.00. The summed E-state index contributed by atoms with van der Waals surface area (Å²) in [6.45, 7) is 0. The number of carbonyl (C=O) groups is 2. The standard InChI is InChI=1S/C6H5N3O3/c7-5(10)3-4(6(11)12)9-2-1-8-3/h1-2H,(H2,7,10)(H,11,12). The van der Waals surface area contributed by atoms with Crippen LogP contribution < -0.4 is 5.73 Å². The molecule has 0 saturated heterocycles. The van der Waals surface area contributed by atoms with Crippen molar-refractivity contribution in [1.29, 1.82) is 0 Å². The summed E-state index contributed by atoms with van der Waals surface area (Å²) in [5, 5.41) is 8.50. The van der Waals surface area contributed by atoms with Crippen molar-refractivity contribution in [2.75, 3.05) is 0 Å². The van der Waals surface area contributed by atoms with Gasteiger partial charge in [0.05, 0.1) is 0 Å². The van der Waals surface area contributed by atoms with Crippen molar-refractivity contribution < 1.29 is 14.7 Å². The van der Waals surface area contributed by atoms with Gasteiger partial charge in [0.1, 0.15) is 0 Å². The van der Waals surface area contributed by atoms with Crippen LogP contribution in [0.3, 0.4) is 0 Å². The fourth-order valence-electron chi connectivity index (χ4n) is 0.675. The number of carbonyl (C=O) groups excluding carboxylic acids is 1. The van der Waals surface area contributed by atoms with E-state index >= 15 is 0 Å². The van der Waals surface area contributed by atoms with Gasteiger partial charge in [-0.15, -0.1) is 0 Å². The Hall–Kier alpha value is -1.98. The fraction of sp³-hybridized carbons (Fsp3) is 0. The summed E-state index contributed by atoms with van der Waals surface area (Å²) in [4.78, 5) is 27.9. The predicted octanol–water partition coefficient (Wildman–Crippen LogP) is -0.726. The molecule has 0 saturated carbocycles. The molecule has 1 aromatic rings. The van der Waals surface area contributed by atoms with Crippen LogP contribution in [0.4, 0.5) is 0 Å². The van der Waals surface area contributed by atoms with Crippen molar-refractivity contribution in [2.24, 2.45) is 5.73 Å². The molecule has 0 spiro atoms. The van der Waals surface area contributed by atoms with Gasteiger partial charge >= 0.3 is 5.97 Å². The highest BCUT2D eigenvalue weighted by molar-refractivity contribution is 6.01. The Bertz CT molecular complexity index is 304. The molecular formula is C6H5N3O3. The number of primary amides is 1. The van der Waals surface area contributed by atoms with Gasteiger partial charge in [-0.25, -0.2) is 14.8 Å². The van der Waals surface area contributed by atoms with Crippen molar-refractivity contribution in [3.05, 3.63) is 23.8 Å². The normalized spacial score (nSPS) is 9.33. The predicted molar refractivity (Wildman–Crippen MR) is 37.5 cm³/mol. The van der Waals surface area contributed by atoms with E-state index in [0.29, 0.717) is 0 Å². The fourth-order valence-corrected chi connectivity index (χ4v) is 0.675. The molecule has 0 aliphatic rings. The van der Waals surface area contributed by atoms with Crippen LogP contribution in [0.5, 0.6) is 0 Å². The van der Waals surface area contributed by atoms with Crippen LogP contribution in [0.1, 0.15) is 21.0 Å². The van der Waals surface area contributed by atoms with Gasteiger partial charge in [-0.2, -0.15) is 0 Å². The highest BCUT2D eigenvalue weighted by Gasteiger charge is 2.16. The molecule has 6 heteroatoms. The zero-order chi connectivity index (χ0) is 9.14. The lowest BCUT2D eigenvalue weighted by atomic mass is 10.3. The highest BCUT2D eigenvalue weighted by Crippen LogP contribution is 1.99. The maximum Gasteiger partial charge on any atom is 0.356 e. The minimum absolute atomic E-state index is 0.329. The molecule has 62 valence electrons. The van der Waals surface area contributed by atoms with Crippen LogP contribution in [0.15, 0.2) is 12.4 Å². The number of carboxylic acids is 1. The maximum absolute atomic E-state index is 10.6. The van der Waals surface area contributed by atoms with E-state index in [4.69, 9.17) is 10.8 Å². The Balaban J connectivity index is 3.27. The highest BCUT2D eigenvalue weighted by atomic mass is 16.4. The molecule has 1 heterocycles. The summed E-state index contributed by atoms with van der Waals surface area (Å²) < 4.78 is 0. The Morgan fingerprint density at radius 2 is 1.75 bits per heavy atom. The van der Waals surface area contributed by atoms with Gasteiger partial charge in [-0.3, -0.25) is 4.79 Å². The summed E-state index contributed by atoms with van der Waals surface area (Å²) in [6.07, 6.45) is 2.38. The van der Waals surface area contributed by atoms with Crippen molar-refractivity contribution >= 4 is 11.9 Å². The zero-order valence-electron chi connectivity index (χ0n) is 5.89. The number of hydrogen-bond donors (Lipinski definition) is 2. The Labute approximate surface area is 67.1 Å². The van der Waals surface area contributed by atoms with Gasteiger partial charge in [-0.1, -0.05) is 0 Å². The van der Waals surface area contributed by atoms with Gasteiger partial charge in [0.25, 0.3) is 5.91 Å².